The second-order valence-corrected chi connectivity index (χ2v) is 6.43. The van der Waals surface area contributed by atoms with E-state index in [1.54, 1.807) is 36.1 Å². The van der Waals surface area contributed by atoms with Gasteiger partial charge in [0, 0.05) is 30.7 Å². The van der Waals surface area contributed by atoms with Gasteiger partial charge in [0.2, 0.25) is 5.91 Å². The molecule has 1 amide bonds. The van der Waals surface area contributed by atoms with Crippen LogP contribution in [0.1, 0.15) is 17.0 Å². The zero-order valence-electron chi connectivity index (χ0n) is 12.1. The van der Waals surface area contributed by atoms with Gasteiger partial charge in [0.25, 0.3) is 0 Å². The summed E-state index contributed by atoms with van der Waals surface area (Å²) in [7, 11) is 0. The van der Waals surface area contributed by atoms with E-state index in [4.69, 9.17) is 4.42 Å². The Bertz CT molecular complexity index is 588. The Labute approximate surface area is 132 Å². The number of carbonyl (C=O) groups is 1. The average molecular weight is 323 g/mol. The maximum atomic E-state index is 13.7. The van der Waals surface area contributed by atoms with Gasteiger partial charge in [0.05, 0.1) is 25.5 Å². The smallest absolute Gasteiger partial charge is 0.224 e. The standard InChI is InChI=1S/C15H18FN3O2S/c16-12-6-13(19(8-12)9-15-17-2-4-22-15)7-18-14(20)5-11-1-3-21-10-11/h1-4,10,12-13H,5-9H2,(H,18,20)/t12-,13-/m0/s1. The minimum Gasteiger partial charge on any atom is -0.472 e. The van der Waals surface area contributed by atoms with E-state index >= 15 is 0 Å². The minimum atomic E-state index is -0.837. The lowest BCUT2D eigenvalue weighted by Gasteiger charge is -2.23. The van der Waals surface area contributed by atoms with Crippen LogP contribution < -0.4 is 5.32 Å². The molecule has 5 nitrogen and oxygen atoms in total. The fourth-order valence-electron chi connectivity index (χ4n) is 2.71. The molecule has 0 radical (unpaired) electrons. The van der Waals surface area contributed by atoms with Crippen molar-refractivity contribution in [2.45, 2.75) is 31.6 Å². The molecule has 118 valence electrons. The highest BCUT2D eigenvalue weighted by atomic mass is 32.1. The van der Waals surface area contributed by atoms with Crippen molar-refractivity contribution in [3.8, 4) is 0 Å². The Morgan fingerprint density at radius 1 is 1.59 bits per heavy atom. The monoisotopic (exact) mass is 323 g/mol. The van der Waals surface area contributed by atoms with Gasteiger partial charge in [-0.1, -0.05) is 0 Å². The summed E-state index contributed by atoms with van der Waals surface area (Å²) in [5.41, 5.74) is 0.840. The van der Waals surface area contributed by atoms with E-state index in [9.17, 15) is 9.18 Å². The van der Waals surface area contributed by atoms with Crippen LogP contribution in [0.15, 0.2) is 34.6 Å². The maximum Gasteiger partial charge on any atom is 0.224 e. The summed E-state index contributed by atoms with van der Waals surface area (Å²) in [5, 5.41) is 5.78. The van der Waals surface area contributed by atoms with Gasteiger partial charge in [-0.2, -0.15) is 0 Å². The molecule has 1 fully saturated rings. The fourth-order valence-corrected chi connectivity index (χ4v) is 3.35. The van der Waals surface area contributed by atoms with E-state index in [0.717, 1.165) is 10.6 Å². The molecule has 22 heavy (non-hydrogen) atoms. The van der Waals surface area contributed by atoms with E-state index in [2.05, 4.69) is 15.2 Å². The number of alkyl halides is 1. The lowest BCUT2D eigenvalue weighted by molar-refractivity contribution is -0.120. The van der Waals surface area contributed by atoms with Crippen LogP contribution in [-0.2, 0) is 17.8 Å². The van der Waals surface area contributed by atoms with Crippen molar-refractivity contribution in [1.82, 2.24) is 15.2 Å². The number of carbonyl (C=O) groups excluding carboxylic acids is 1. The van der Waals surface area contributed by atoms with Crippen molar-refractivity contribution in [3.63, 3.8) is 0 Å². The molecular weight excluding hydrogens is 305 g/mol. The van der Waals surface area contributed by atoms with Crippen molar-refractivity contribution >= 4 is 17.2 Å². The molecule has 0 unspecified atom stereocenters. The van der Waals surface area contributed by atoms with Crippen LogP contribution in [0, 0.1) is 0 Å². The first-order valence-electron chi connectivity index (χ1n) is 7.25. The molecule has 2 aromatic rings. The number of rotatable bonds is 6. The Kier molecular flexibility index (Phi) is 4.84. The van der Waals surface area contributed by atoms with Crippen LogP contribution in [0.2, 0.25) is 0 Å². The van der Waals surface area contributed by atoms with E-state index in [-0.39, 0.29) is 18.4 Å². The molecule has 0 bridgehead atoms. The zero-order chi connectivity index (χ0) is 15.4. The molecule has 1 aliphatic rings. The van der Waals surface area contributed by atoms with Crippen molar-refractivity contribution in [2.24, 2.45) is 0 Å². The first kappa shape index (κ1) is 15.2. The number of aromatic nitrogens is 1. The number of furan rings is 1. The number of amides is 1. The van der Waals surface area contributed by atoms with Crippen LogP contribution in [0.3, 0.4) is 0 Å². The van der Waals surface area contributed by atoms with Crippen LogP contribution in [0.5, 0.6) is 0 Å². The number of thiazole rings is 1. The first-order chi connectivity index (χ1) is 10.7. The van der Waals surface area contributed by atoms with Crippen molar-refractivity contribution < 1.29 is 13.6 Å². The van der Waals surface area contributed by atoms with Gasteiger partial charge in [-0.05, 0) is 18.1 Å². The predicted octanol–water partition coefficient (Wildman–Crippen LogP) is 2.01. The lowest BCUT2D eigenvalue weighted by atomic mass is 10.2. The van der Waals surface area contributed by atoms with Crippen molar-refractivity contribution in [1.29, 1.82) is 0 Å². The molecule has 1 N–H and O–H groups in total. The van der Waals surface area contributed by atoms with Gasteiger partial charge in [0.1, 0.15) is 11.2 Å². The molecule has 0 saturated carbocycles. The number of nitrogens with zero attached hydrogens (tertiary/aromatic N) is 2. The number of halogens is 1. The molecule has 7 heteroatoms. The van der Waals surface area contributed by atoms with Gasteiger partial charge >= 0.3 is 0 Å². The van der Waals surface area contributed by atoms with E-state index < -0.39 is 6.17 Å². The predicted molar refractivity (Wildman–Crippen MR) is 81.2 cm³/mol. The van der Waals surface area contributed by atoms with Crippen LogP contribution in [-0.4, -0.2) is 41.1 Å². The largest absolute Gasteiger partial charge is 0.472 e. The van der Waals surface area contributed by atoms with E-state index in [1.165, 1.54) is 0 Å². The Morgan fingerprint density at radius 2 is 2.50 bits per heavy atom. The summed E-state index contributed by atoms with van der Waals surface area (Å²) in [6.07, 6.45) is 4.76. The van der Waals surface area contributed by atoms with Gasteiger partial charge in [0.15, 0.2) is 0 Å². The number of likely N-dealkylation sites (tertiary alicyclic amines) is 1. The lowest BCUT2D eigenvalue weighted by Crippen LogP contribution is -2.40. The third-order valence-electron chi connectivity index (χ3n) is 3.78. The highest BCUT2D eigenvalue weighted by Gasteiger charge is 2.32. The fraction of sp³-hybridized carbons (Fsp3) is 0.467. The number of nitrogens with one attached hydrogen (secondary N) is 1. The number of hydrogen-bond donors (Lipinski definition) is 1. The van der Waals surface area contributed by atoms with Crippen molar-refractivity contribution in [3.05, 3.63) is 40.7 Å². The summed E-state index contributed by atoms with van der Waals surface area (Å²) in [4.78, 5) is 18.2. The Balaban J connectivity index is 1.50. The molecule has 2 aromatic heterocycles. The third-order valence-corrected chi connectivity index (χ3v) is 4.54. The summed E-state index contributed by atoms with van der Waals surface area (Å²) >= 11 is 1.57. The van der Waals surface area contributed by atoms with Gasteiger partial charge in [-0.25, -0.2) is 9.37 Å². The summed E-state index contributed by atoms with van der Waals surface area (Å²) in [6, 6.07) is 1.79. The second-order valence-electron chi connectivity index (χ2n) is 5.45. The average Bonchev–Trinajstić information content (AvgIpc) is 3.20. The molecule has 1 aliphatic heterocycles. The normalized spacial score (nSPS) is 22.0. The molecule has 3 heterocycles. The van der Waals surface area contributed by atoms with E-state index in [1.807, 2.05) is 5.38 Å². The maximum absolute atomic E-state index is 13.7. The number of hydrogen-bond acceptors (Lipinski definition) is 5. The molecule has 0 spiro atoms. The molecular formula is C15H18FN3O2S. The minimum absolute atomic E-state index is 0.0206. The Hall–Kier alpha value is -1.73. The zero-order valence-corrected chi connectivity index (χ0v) is 12.9. The topological polar surface area (TPSA) is 58.4 Å². The van der Waals surface area contributed by atoms with E-state index in [0.29, 0.717) is 26.1 Å². The van der Waals surface area contributed by atoms with Gasteiger partial charge < -0.3 is 9.73 Å². The molecule has 0 aromatic carbocycles. The highest BCUT2D eigenvalue weighted by Crippen LogP contribution is 2.23. The first-order valence-corrected chi connectivity index (χ1v) is 8.13. The van der Waals surface area contributed by atoms with Crippen molar-refractivity contribution in [2.75, 3.05) is 13.1 Å². The molecule has 3 rings (SSSR count). The van der Waals surface area contributed by atoms with Gasteiger partial charge in [-0.3, -0.25) is 9.69 Å². The second kappa shape index (κ2) is 7.02. The molecule has 1 saturated heterocycles. The van der Waals surface area contributed by atoms with Crippen LogP contribution >= 0.6 is 11.3 Å². The summed E-state index contributed by atoms with van der Waals surface area (Å²) < 4.78 is 18.6. The summed E-state index contributed by atoms with van der Waals surface area (Å²) in [6.45, 7) is 1.50. The Morgan fingerprint density at radius 3 is 3.23 bits per heavy atom. The van der Waals surface area contributed by atoms with Gasteiger partial charge in [-0.15, -0.1) is 11.3 Å². The molecule has 0 aliphatic carbocycles. The third kappa shape index (κ3) is 3.92. The summed E-state index contributed by atoms with van der Waals surface area (Å²) in [5.74, 6) is -0.0714. The van der Waals surface area contributed by atoms with Crippen LogP contribution in [0.4, 0.5) is 4.39 Å². The van der Waals surface area contributed by atoms with Crippen LogP contribution in [0.25, 0.3) is 0 Å². The molecule has 2 atom stereocenters. The highest BCUT2D eigenvalue weighted by molar-refractivity contribution is 7.09. The quantitative estimate of drug-likeness (QED) is 0.883. The SMILES string of the molecule is O=C(Cc1ccoc1)NC[C@@H]1C[C@H](F)CN1Cc1nccs1.